The van der Waals surface area contributed by atoms with Crippen molar-refractivity contribution in [3.8, 4) is 0 Å². The SMILES string of the molecule is CC(C)C1CCC2(C)OC2C1C1CCC2SC21C. The highest BCUT2D eigenvalue weighted by molar-refractivity contribution is 8.08. The summed E-state index contributed by atoms with van der Waals surface area (Å²) >= 11 is 2.26. The molecule has 0 aromatic carbocycles. The molecule has 4 rings (SSSR count). The first kappa shape index (κ1) is 12.1. The largest absolute Gasteiger partial charge is 0.366 e. The average molecular weight is 266 g/mol. The lowest BCUT2D eigenvalue weighted by Gasteiger charge is -2.40. The van der Waals surface area contributed by atoms with Gasteiger partial charge in [-0.15, -0.1) is 11.8 Å². The molecule has 2 aliphatic heterocycles. The fraction of sp³-hybridized carbons (Fsp3) is 1.00. The Bertz CT molecular complexity index is 379. The zero-order valence-electron chi connectivity index (χ0n) is 12.1. The number of hydrogen-bond donors (Lipinski definition) is 0. The van der Waals surface area contributed by atoms with E-state index in [1.807, 2.05) is 0 Å². The molecule has 0 aromatic heterocycles. The summed E-state index contributed by atoms with van der Waals surface area (Å²) in [7, 11) is 0. The second kappa shape index (κ2) is 3.49. The Morgan fingerprint density at radius 1 is 1.17 bits per heavy atom. The Balaban J connectivity index is 1.63. The van der Waals surface area contributed by atoms with Crippen LogP contribution in [0.15, 0.2) is 0 Å². The van der Waals surface area contributed by atoms with Crippen LogP contribution in [-0.2, 0) is 4.74 Å². The molecule has 2 saturated carbocycles. The van der Waals surface area contributed by atoms with Crippen molar-refractivity contribution in [3.05, 3.63) is 0 Å². The van der Waals surface area contributed by atoms with E-state index < -0.39 is 0 Å². The van der Waals surface area contributed by atoms with Crippen molar-refractivity contribution in [2.45, 2.75) is 75.1 Å². The number of thioether (sulfide) groups is 1. The number of fused-ring (bicyclic) bond motifs is 2. The third-order valence-electron chi connectivity index (χ3n) is 6.53. The van der Waals surface area contributed by atoms with E-state index in [0.29, 0.717) is 10.9 Å². The van der Waals surface area contributed by atoms with Crippen LogP contribution < -0.4 is 0 Å². The van der Waals surface area contributed by atoms with Gasteiger partial charge in [-0.25, -0.2) is 0 Å². The minimum absolute atomic E-state index is 0.268. The van der Waals surface area contributed by atoms with Gasteiger partial charge in [0, 0.05) is 10.00 Å². The monoisotopic (exact) mass is 266 g/mol. The average Bonchev–Trinajstić information content (AvgIpc) is 3.13. The summed E-state index contributed by atoms with van der Waals surface area (Å²) in [5, 5.41) is 0.988. The molecule has 102 valence electrons. The smallest absolute Gasteiger partial charge is 0.0923 e. The van der Waals surface area contributed by atoms with E-state index in [9.17, 15) is 0 Å². The molecule has 18 heavy (non-hydrogen) atoms. The predicted molar refractivity (Wildman–Crippen MR) is 76.8 cm³/mol. The minimum atomic E-state index is 0.268. The Kier molecular flexibility index (Phi) is 2.34. The van der Waals surface area contributed by atoms with Gasteiger partial charge in [-0.1, -0.05) is 13.8 Å². The third-order valence-corrected chi connectivity index (χ3v) is 8.39. The van der Waals surface area contributed by atoms with Gasteiger partial charge in [0.25, 0.3) is 0 Å². The third kappa shape index (κ3) is 1.45. The number of ether oxygens (including phenoxy) is 1. The first-order valence-corrected chi connectivity index (χ1v) is 8.69. The molecule has 0 spiro atoms. The van der Waals surface area contributed by atoms with Crippen LogP contribution >= 0.6 is 11.8 Å². The number of rotatable bonds is 2. The van der Waals surface area contributed by atoms with Crippen LogP contribution in [0.2, 0.25) is 0 Å². The molecule has 2 heterocycles. The molecule has 0 N–H and O–H groups in total. The second-order valence-electron chi connectivity index (χ2n) is 7.85. The summed E-state index contributed by atoms with van der Waals surface area (Å²) < 4.78 is 6.80. The molecule has 7 atom stereocenters. The van der Waals surface area contributed by atoms with Crippen molar-refractivity contribution in [1.29, 1.82) is 0 Å². The zero-order valence-corrected chi connectivity index (χ0v) is 12.9. The van der Waals surface area contributed by atoms with Gasteiger partial charge in [-0.05, 0) is 63.2 Å². The van der Waals surface area contributed by atoms with Crippen molar-refractivity contribution in [3.63, 3.8) is 0 Å². The lowest BCUT2D eigenvalue weighted by Crippen LogP contribution is -2.41. The van der Waals surface area contributed by atoms with Crippen LogP contribution in [0, 0.1) is 23.7 Å². The Labute approximate surface area is 115 Å². The summed E-state index contributed by atoms with van der Waals surface area (Å²) in [4.78, 5) is 0. The molecule has 0 aromatic rings. The highest BCUT2D eigenvalue weighted by Gasteiger charge is 2.69. The fourth-order valence-corrected chi connectivity index (χ4v) is 6.78. The Morgan fingerprint density at radius 3 is 2.50 bits per heavy atom. The molecule has 4 aliphatic rings. The molecule has 4 fully saturated rings. The van der Waals surface area contributed by atoms with Crippen LogP contribution in [0.3, 0.4) is 0 Å². The number of epoxide rings is 1. The summed E-state index contributed by atoms with van der Waals surface area (Å²) in [6.45, 7) is 9.75. The predicted octanol–water partition coefficient (Wildman–Crippen LogP) is 4.11. The van der Waals surface area contributed by atoms with Gasteiger partial charge in [0.2, 0.25) is 0 Å². The summed E-state index contributed by atoms with van der Waals surface area (Å²) in [6, 6.07) is 0. The quantitative estimate of drug-likeness (QED) is 0.697. The van der Waals surface area contributed by atoms with Gasteiger partial charge >= 0.3 is 0 Å². The summed E-state index contributed by atoms with van der Waals surface area (Å²) in [5.41, 5.74) is 0.268. The first-order valence-electron chi connectivity index (χ1n) is 7.81. The summed E-state index contributed by atoms with van der Waals surface area (Å²) in [5.74, 6) is 3.53. The van der Waals surface area contributed by atoms with Crippen molar-refractivity contribution < 1.29 is 4.74 Å². The van der Waals surface area contributed by atoms with Crippen LogP contribution in [0.4, 0.5) is 0 Å². The second-order valence-corrected chi connectivity index (χ2v) is 9.53. The Hall–Kier alpha value is 0.310. The maximum atomic E-state index is 6.17. The normalized spacial score (nSPS) is 61.5. The van der Waals surface area contributed by atoms with Crippen molar-refractivity contribution in [2.24, 2.45) is 23.7 Å². The minimum Gasteiger partial charge on any atom is -0.366 e. The van der Waals surface area contributed by atoms with Gasteiger partial charge in [-0.2, -0.15) is 0 Å². The van der Waals surface area contributed by atoms with E-state index >= 15 is 0 Å². The molecular weight excluding hydrogens is 240 g/mol. The fourth-order valence-electron chi connectivity index (χ4n) is 5.24. The molecule has 2 saturated heterocycles. The standard InChI is InChI=1S/C16H26OS/c1-9(2)10-7-8-15(3)14(17-15)13(10)11-5-6-12-16(11,4)18-12/h9-14H,5-8H2,1-4H3. The first-order chi connectivity index (χ1) is 8.46. The van der Waals surface area contributed by atoms with Gasteiger partial charge in [0.15, 0.2) is 0 Å². The van der Waals surface area contributed by atoms with Crippen molar-refractivity contribution >= 4 is 11.8 Å². The maximum absolute atomic E-state index is 6.17. The molecule has 1 nitrogen and oxygen atoms in total. The highest BCUT2D eigenvalue weighted by atomic mass is 32.2. The van der Waals surface area contributed by atoms with E-state index in [2.05, 4.69) is 39.5 Å². The van der Waals surface area contributed by atoms with E-state index in [4.69, 9.17) is 4.74 Å². The van der Waals surface area contributed by atoms with E-state index in [-0.39, 0.29) is 5.60 Å². The highest BCUT2D eigenvalue weighted by Crippen LogP contribution is 2.71. The summed E-state index contributed by atoms with van der Waals surface area (Å²) in [6.07, 6.45) is 6.24. The van der Waals surface area contributed by atoms with Gasteiger partial charge < -0.3 is 4.74 Å². The molecule has 0 amide bonds. The molecule has 2 heteroatoms. The van der Waals surface area contributed by atoms with Crippen molar-refractivity contribution in [2.75, 3.05) is 0 Å². The molecule has 0 radical (unpaired) electrons. The molecule has 2 aliphatic carbocycles. The van der Waals surface area contributed by atoms with Crippen LogP contribution in [-0.4, -0.2) is 21.7 Å². The van der Waals surface area contributed by atoms with Crippen molar-refractivity contribution in [1.82, 2.24) is 0 Å². The van der Waals surface area contributed by atoms with Crippen LogP contribution in [0.25, 0.3) is 0 Å². The topological polar surface area (TPSA) is 12.5 Å². The van der Waals surface area contributed by atoms with E-state index in [0.717, 1.165) is 28.9 Å². The number of hydrogen-bond acceptors (Lipinski definition) is 2. The molecule has 7 unspecified atom stereocenters. The Morgan fingerprint density at radius 2 is 1.94 bits per heavy atom. The van der Waals surface area contributed by atoms with Gasteiger partial charge in [0.1, 0.15) is 0 Å². The van der Waals surface area contributed by atoms with Crippen LogP contribution in [0.1, 0.15) is 53.4 Å². The molecule has 0 bridgehead atoms. The van der Waals surface area contributed by atoms with Gasteiger partial charge in [-0.3, -0.25) is 0 Å². The van der Waals surface area contributed by atoms with E-state index in [1.54, 1.807) is 0 Å². The lowest BCUT2D eigenvalue weighted by atomic mass is 9.63. The van der Waals surface area contributed by atoms with Crippen LogP contribution in [0.5, 0.6) is 0 Å². The maximum Gasteiger partial charge on any atom is 0.0923 e. The van der Waals surface area contributed by atoms with Gasteiger partial charge in [0.05, 0.1) is 11.7 Å². The molecular formula is C16H26OS. The van der Waals surface area contributed by atoms with E-state index in [1.165, 1.54) is 25.7 Å². The lowest BCUT2D eigenvalue weighted by molar-refractivity contribution is 0.114. The zero-order chi connectivity index (χ0) is 12.7.